The normalized spacial score (nSPS) is 23.7. The number of alkyl halides is 1. The molecule has 0 spiro atoms. The Kier molecular flexibility index (Phi) is 6.05. The zero-order valence-corrected chi connectivity index (χ0v) is 22.5. The average molecular weight is 555 g/mol. The predicted molar refractivity (Wildman–Crippen MR) is 142 cm³/mol. The number of thiophene rings is 1. The number of halogens is 1. The van der Waals surface area contributed by atoms with Gasteiger partial charge in [0.1, 0.15) is 29.4 Å². The number of anilines is 3. The quantitative estimate of drug-likeness (QED) is 0.350. The van der Waals surface area contributed by atoms with Crippen LogP contribution in [0, 0.1) is 11.8 Å². The minimum absolute atomic E-state index is 0.0113. The van der Waals surface area contributed by atoms with Crippen molar-refractivity contribution in [1.82, 2.24) is 29.9 Å². The second-order valence-electron chi connectivity index (χ2n) is 11.1. The highest BCUT2D eigenvalue weighted by Crippen LogP contribution is 2.43. The molecule has 3 saturated carbocycles. The summed E-state index contributed by atoms with van der Waals surface area (Å²) in [6, 6.07) is 1.87. The van der Waals surface area contributed by atoms with Crippen LogP contribution in [0.5, 0.6) is 5.88 Å². The van der Waals surface area contributed by atoms with E-state index in [9.17, 15) is 14.0 Å². The minimum Gasteiger partial charge on any atom is -0.473 e. The fraction of sp³-hybridized carbons (Fsp3) is 0.577. The summed E-state index contributed by atoms with van der Waals surface area (Å²) in [5, 5.41) is 22.7. The number of ether oxygens (including phenoxy) is 1. The largest absolute Gasteiger partial charge is 0.473 e. The van der Waals surface area contributed by atoms with E-state index in [1.807, 2.05) is 17.7 Å². The number of amides is 2. The molecule has 0 radical (unpaired) electrons. The molecule has 3 heterocycles. The Bertz CT molecular complexity index is 1420. The second-order valence-corrected chi connectivity index (χ2v) is 12.2. The molecule has 3 aromatic rings. The van der Waals surface area contributed by atoms with Gasteiger partial charge in [0.15, 0.2) is 0 Å². The first-order valence-electron chi connectivity index (χ1n) is 13.7. The van der Waals surface area contributed by atoms with Gasteiger partial charge in [-0.3, -0.25) is 14.2 Å². The molecule has 3 N–H and O–H groups in total. The highest BCUT2D eigenvalue weighted by atomic mass is 32.1. The van der Waals surface area contributed by atoms with Crippen molar-refractivity contribution >= 4 is 39.9 Å². The zero-order valence-electron chi connectivity index (χ0n) is 21.7. The molecule has 3 aromatic heterocycles. The van der Waals surface area contributed by atoms with E-state index in [-0.39, 0.29) is 30.4 Å². The van der Waals surface area contributed by atoms with Crippen LogP contribution in [0.1, 0.15) is 65.4 Å². The van der Waals surface area contributed by atoms with Gasteiger partial charge in [0, 0.05) is 30.6 Å². The van der Waals surface area contributed by atoms with Crippen molar-refractivity contribution in [2.45, 2.75) is 69.7 Å². The van der Waals surface area contributed by atoms with Crippen molar-refractivity contribution in [1.29, 1.82) is 0 Å². The fourth-order valence-electron chi connectivity index (χ4n) is 5.10. The standard InChI is InChI=1S/C26H31FN8O3S/c1-34-20(10-21(33-34)38-15-5-6-15)30-26-32-29-12-35(26)14-4-7-19-17(8-14)22(24(37)28-11-13-2-3-13)25(39-19)31-23(36)16-9-18(16)27/h10,12-16,18H,2-9,11H2,1H3,(H,28,37)(H,30,32)(H,31,36)/t14-,16-,18-/m0/s1. The Morgan fingerprint density at radius 2 is 2.05 bits per heavy atom. The third kappa shape index (κ3) is 5.11. The number of hydrogen-bond acceptors (Lipinski definition) is 8. The third-order valence-electron chi connectivity index (χ3n) is 7.87. The maximum atomic E-state index is 13.5. The van der Waals surface area contributed by atoms with Crippen LogP contribution in [-0.2, 0) is 24.7 Å². The molecule has 2 amide bonds. The molecule has 11 nitrogen and oxygen atoms in total. The summed E-state index contributed by atoms with van der Waals surface area (Å²) in [5.41, 5.74) is 1.45. The first-order chi connectivity index (χ1) is 18.9. The number of carbonyl (C=O) groups excluding carboxylic acids is 2. The monoisotopic (exact) mass is 554 g/mol. The Morgan fingerprint density at radius 3 is 2.79 bits per heavy atom. The highest BCUT2D eigenvalue weighted by Gasteiger charge is 2.44. The van der Waals surface area contributed by atoms with Crippen LogP contribution >= 0.6 is 11.3 Å². The summed E-state index contributed by atoms with van der Waals surface area (Å²) >= 11 is 1.44. The molecule has 0 aliphatic heterocycles. The van der Waals surface area contributed by atoms with E-state index in [4.69, 9.17) is 4.74 Å². The van der Waals surface area contributed by atoms with Gasteiger partial charge in [-0.15, -0.1) is 26.6 Å². The fourth-order valence-corrected chi connectivity index (χ4v) is 6.35. The lowest BCUT2D eigenvalue weighted by atomic mass is 9.91. The van der Waals surface area contributed by atoms with Crippen molar-refractivity contribution < 1.29 is 18.7 Å². The van der Waals surface area contributed by atoms with E-state index in [1.54, 1.807) is 11.0 Å². The van der Waals surface area contributed by atoms with Crippen molar-refractivity contribution in [3.8, 4) is 5.88 Å². The molecule has 4 aliphatic carbocycles. The molecule has 3 atom stereocenters. The van der Waals surface area contributed by atoms with Gasteiger partial charge >= 0.3 is 0 Å². The number of carbonyl (C=O) groups is 2. The summed E-state index contributed by atoms with van der Waals surface area (Å²) in [6.07, 6.45) is 7.65. The number of nitrogens with zero attached hydrogens (tertiary/aromatic N) is 5. The number of aromatic nitrogens is 5. The number of rotatable bonds is 10. The van der Waals surface area contributed by atoms with Crippen molar-refractivity contribution in [2.75, 3.05) is 17.2 Å². The maximum Gasteiger partial charge on any atom is 0.254 e. The molecule has 206 valence electrons. The lowest BCUT2D eigenvalue weighted by molar-refractivity contribution is -0.117. The zero-order chi connectivity index (χ0) is 26.7. The van der Waals surface area contributed by atoms with Crippen LogP contribution in [0.2, 0.25) is 0 Å². The molecular weight excluding hydrogens is 523 g/mol. The molecule has 0 unspecified atom stereocenters. The highest BCUT2D eigenvalue weighted by molar-refractivity contribution is 7.17. The molecule has 39 heavy (non-hydrogen) atoms. The van der Waals surface area contributed by atoms with E-state index in [1.165, 1.54) is 11.3 Å². The van der Waals surface area contributed by atoms with Gasteiger partial charge in [0.05, 0.1) is 11.5 Å². The summed E-state index contributed by atoms with van der Waals surface area (Å²) < 4.78 is 23.1. The van der Waals surface area contributed by atoms with Gasteiger partial charge in [0.25, 0.3) is 5.91 Å². The van der Waals surface area contributed by atoms with E-state index in [0.29, 0.717) is 41.3 Å². The molecule has 0 aromatic carbocycles. The molecule has 7 rings (SSSR count). The van der Waals surface area contributed by atoms with E-state index < -0.39 is 12.1 Å². The SMILES string of the molecule is Cn1nc(OC2CC2)cc1Nc1nncn1[C@H]1CCc2sc(NC(=O)[C@H]3C[C@@H]3F)c(C(=O)NCC3CC3)c2C1. The van der Waals surface area contributed by atoms with Crippen LogP contribution < -0.4 is 20.7 Å². The Hall–Kier alpha value is -3.48. The maximum absolute atomic E-state index is 13.5. The van der Waals surface area contributed by atoms with Crippen LogP contribution in [0.25, 0.3) is 0 Å². The molecule has 3 fully saturated rings. The first kappa shape index (κ1) is 24.6. The van der Waals surface area contributed by atoms with Gasteiger partial charge < -0.3 is 20.7 Å². The summed E-state index contributed by atoms with van der Waals surface area (Å²) in [4.78, 5) is 27.1. The van der Waals surface area contributed by atoms with Gasteiger partial charge in [0.2, 0.25) is 17.7 Å². The van der Waals surface area contributed by atoms with Crippen LogP contribution in [0.4, 0.5) is 21.2 Å². The van der Waals surface area contributed by atoms with Crippen LogP contribution in [-0.4, -0.2) is 55.2 Å². The van der Waals surface area contributed by atoms with Crippen LogP contribution in [0.15, 0.2) is 12.4 Å². The lowest BCUT2D eigenvalue weighted by Crippen LogP contribution is -2.29. The molecule has 0 bridgehead atoms. The van der Waals surface area contributed by atoms with Gasteiger partial charge in [-0.25, -0.2) is 9.07 Å². The van der Waals surface area contributed by atoms with E-state index >= 15 is 0 Å². The number of aryl methyl sites for hydroxylation is 2. The van der Waals surface area contributed by atoms with E-state index in [2.05, 4.69) is 31.2 Å². The third-order valence-corrected chi connectivity index (χ3v) is 9.08. The summed E-state index contributed by atoms with van der Waals surface area (Å²) in [5.74, 6) is 1.28. The summed E-state index contributed by atoms with van der Waals surface area (Å²) in [6.45, 7) is 0.631. The van der Waals surface area contributed by atoms with Crippen molar-refractivity contribution in [3.05, 3.63) is 28.4 Å². The smallest absolute Gasteiger partial charge is 0.254 e. The molecule has 13 heteroatoms. The predicted octanol–water partition coefficient (Wildman–Crippen LogP) is 3.52. The first-order valence-corrected chi connectivity index (χ1v) is 14.5. The topological polar surface area (TPSA) is 128 Å². The average Bonchev–Trinajstić information content (AvgIpc) is 3.86. The lowest BCUT2D eigenvalue weighted by Gasteiger charge is -2.25. The van der Waals surface area contributed by atoms with Gasteiger partial charge in [-0.2, -0.15) is 0 Å². The van der Waals surface area contributed by atoms with E-state index in [0.717, 1.165) is 54.8 Å². The minimum atomic E-state index is -1.09. The van der Waals surface area contributed by atoms with Crippen LogP contribution in [0.3, 0.4) is 0 Å². The van der Waals surface area contributed by atoms with Crippen molar-refractivity contribution in [3.63, 3.8) is 0 Å². The number of nitrogens with one attached hydrogen (secondary N) is 3. The number of hydrogen-bond donors (Lipinski definition) is 3. The Labute approximate surface area is 228 Å². The molecule has 0 saturated heterocycles. The number of fused-ring (bicyclic) bond motifs is 1. The van der Waals surface area contributed by atoms with Gasteiger partial charge in [-0.05, 0) is 62.8 Å². The summed E-state index contributed by atoms with van der Waals surface area (Å²) in [7, 11) is 1.84. The van der Waals surface area contributed by atoms with Gasteiger partial charge in [-0.1, -0.05) is 0 Å². The Morgan fingerprint density at radius 1 is 1.23 bits per heavy atom. The molecule has 4 aliphatic rings. The molecular formula is C26H31FN8O3S. The Balaban J connectivity index is 1.13. The second kappa shape index (κ2) is 9.61. The van der Waals surface area contributed by atoms with Crippen molar-refractivity contribution in [2.24, 2.45) is 18.9 Å².